The lowest BCUT2D eigenvalue weighted by atomic mass is 9.99. The van der Waals surface area contributed by atoms with Crippen LogP contribution in [0.4, 0.5) is 5.69 Å². The summed E-state index contributed by atoms with van der Waals surface area (Å²) < 4.78 is 28.1. The van der Waals surface area contributed by atoms with Gasteiger partial charge in [-0.25, -0.2) is 8.42 Å². The van der Waals surface area contributed by atoms with Crippen LogP contribution in [0.1, 0.15) is 30.9 Å². The van der Waals surface area contributed by atoms with Crippen molar-refractivity contribution in [3.05, 3.63) is 59.7 Å². The Bertz CT molecular complexity index is 934. The molecule has 150 valence electrons. The number of carbonyl (C=O) groups is 1. The zero-order valence-electron chi connectivity index (χ0n) is 16.8. The molecule has 6 heteroatoms. The lowest BCUT2D eigenvalue weighted by Gasteiger charge is -2.33. The second kappa shape index (κ2) is 8.35. The molecular weight excluding hydrogens is 372 g/mol. The van der Waals surface area contributed by atoms with Crippen molar-refractivity contribution in [2.24, 2.45) is 5.92 Å². The van der Waals surface area contributed by atoms with E-state index in [0.29, 0.717) is 24.7 Å². The first-order valence-electron chi connectivity index (χ1n) is 9.72. The van der Waals surface area contributed by atoms with Crippen LogP contribution in [0.25, 0.3) is 0 Å². The topological polar surface area (TPSA) is 57.7 Å². The Kier molecular flexibility index (Phi) is 6.08. The van der Waals surface area contributed by atoms with Crippen LogP contribution in [-0.4, -0.2) is 38.9 Å². The van der Waals surface area contributed by atoms with Gasteiger partial charge in [0.1, 0.15) is 6.54 Å². The number of piperidine rings is 1. The van der Waals surface area contributed by atoms with Gasteiger partial charge in [-0.15, -0.1) is 0 Å². The number of benzene rings is 2. The van der Waals surface area contributed by atoms with E-state index in [1.165, 1.54) is 4.31 Å². The molecule has 0 aromatic heterocycles. The maximum absolute atomic E-state index is 13.4. The van der Waals surface area contributed by atoms with E-state index in [9.17, 15) is 13.2 Å². The van der Waals surface area contributed by atoms with Crippen LogP contribution in [0.15, 0.2) is 53.4 Å². The zero-order valence-corrected chi connectivity index (χ0v) is 17.6. The van der Waals surface area contributed by atoms with E-state index in [1.54, 1.807) is 41.3 Å². The fraction of sp³-hybridized carbons (Fsp3) is 0.409. The van der Waals surface area contributed by atoms with Crippen LogP contribution in [0.2, 0.25) is 0 Å². The molecule has 1 fully saturated rings. The predicted molar refractivity (Wildman–Crippen MR) is 112 cm³/mol. The van der Waals surface area contributed by atoms with Gasteiger partial charge < -0.3 is 4.90 Å². The number of amides is 1. The van der Waals surface area contributed by atoms with Gasteiger partial charge in [0.15, 0.2) is 0 Å². The first-order chi connectivity index (χ1) is 13.3. The smallest absolute Gasteiger partial charge is 0.264 e. The standard InChI is InChI=1S/C22H28N2O3S/c1-17-12-14-23(15-13-17)22(25)16-24(21-11-7-8-18(2)19(21)3)28(26,27)20-9-5-4-6-10-20/h4-11,17H,12-16H2,1-3H3. The summed E-state index contributed by atoms with van der Waals surface area (Å²) in [5, 5.41) is 0. The third-order valence-corrected chi connectivity index (χ3v) is 7.37. The molecule has 2 aromatic rings. The molecule has 1 saturated heterocycles. The Morgan fingerprint density at radius 1 is 1.04 bits per heavy atom. The van der Waals surface area contributed by atoms with E-state index < -0.39 is 10.0 Å². The molecule has 0 radical (unpaired) electrons. The summed E-state index contributed by atoms with van der Waals surface area (Å²) in [7, 11) is -3.85. The van der Waals surface area contributed by atoms with Crippen molar-refractivity contribution in [3.63, 3.8) is 0 Å². The molecule has 28 heavy (non-hydrogen) atoms. The minimum atomic E-state index is -3.85. The van der Waals surface area contributed by atoms with Gasteiger partial charge in [-0.1, -0.05) is 37.3 Å². The van der Waals surface area contributed by atoms with Crippen LogP contribution in [0.3, 0.4) is 0 Å². The van der Waals surface area contributed by atoms with Crippen molar-refractivity contribution >= 4 is 21.6 Å². The van der Waals surface area contributed by atoms with Crippen molar-refractivity contribution in [1.82, 2.24) is 4.90 Å². The number of likely N-dealkylation sites (tertiary alicyclic amines) is 1. The highest BCUT2D eigenvalue weighted by atomic mass is 32.2. The third kappa shape index (κ3) is 4.22. The van der Waals surface area contributed by atoms with Gasteiger partial charge in [-0.2, -0.15) is 0 Å². The summed E-state index contributed by atoms with van der Waals surface area (Å²) in [5.41, 5.74) is 2.41. The normalized spacial score (nSPS) is 15.5. The molecule has 0 bridgehead atoms. The molecule has 0 atom stereocenters. The quantitative estimate of drug-likeness (QED) is 0.768. The molecule has 1 heterocycles. The summed E-state index contributed by atoms with van der Waals surface area (Å²) in [5.74, 6) is 0.458. The summed E-state index contributed by atoms with van der Waals surface area (Å²) in [6.07, 6.45) is 1.92. The highest BCUT2D eigenvalue weighted by molar-refractivity contribution is 7.92. The minimum absolute atomic E-state index is 0.146. The maximum Gasteiger partial charge on any atom is 0.264 e. The zero-order chi connectivity index (χ0) is 20.3. The van der Waals surface area contributed by atoms with Crippen molar-refractivity contribution in [3.8, 4) is 0 Å². The second-order valence-corrected chi connectivity index (χ2v) is 9.47. The first kappa shape index (κ1) is 20.4. The summed E-state index contributed by atoms with van der Waals surface area (Å²) in [4.78, 5) is 15.0. The average molecular weight is 401 g/mol. The van der Waals surface area contributed by atoms with Crippen LogP contribution < -0.4 is 4.31 Å². The van der Waals surface area contributed by atoms with E-state index in [0.717, 1.165) is 24.0 Å². The van der Waals surface area contributed by atoms with Gasteiger partial charge in [0, 0.05) is 13.1 Å². The van der Waals surface area contributed by atoms with Crippen LogP contribution >= 0.6 is 0 Å². The molecule has 0 spiro atoms. The number of carbonyl (C=O) groups excluding carboxylic acids is 1. The van der Waals surface area contributed by atoms with Crippen LogP contribution in [0.5, 0.6) is 0 Å². The average Bonchev–Trinajstić information content (AvgIpc) is 2.69. The van der Waals surface area contributed by atoms with Gasteiger partial charge in [-0.05, 0) is 61.9 Å². The van der Waals surface area contributed by atoms with E-state index in [-0.39, 0.29) is 17.3 Å². The Morgan fingerprint density at radius 2 is 1.68 bits per heavy atom. The predicted octanol–water partition coefficient (Wildman–Crippen LogP) is 3.76. The monoisotopic (exact) mass is 400 g/mol. The van der Waals surface area contributed by atoms with E-state index in [4.69, 9.17) is 0 Å². The molecule has 0 N–H and O–H groups in total. The molecule has 2 aromatic carbocycles. The van der Waals surface area contributed by atoms with E-state index in [1.807, 2.05) is 26.0 Å². The number of aryl methyl sites for hydroxylation is 1. The largest absolute Gasteiger partial charge is 0.341 e. The molecular formula is C22H28N2O3S. The lowest BCUT2D eigenvalue weighted by molar-refractivity contribution is -0.130. The number of anilines is 1. The van der Waals surface area contributed by atoms with Gasteiger partial charge in [0.25, 0.3) is 10.0 Å². The fourth-order valence-corrected chi connectivity index (χ4v) is 5.00. The summed E-state index contributed by atoms with van der Waals surface area (Å²) in [6, 6.07) is 13.9. The molecule has 3 rings (SSSR count). The maximum atomic E-state index is 13.4. The number of rotatable bonds is 5. The van der Waals surface area contributed by atoms with Gasteiger partial charge >= 0.3 is 0 Å². The lowest BCUT2D eigenvalue weighted by Crippen LogP contribution is -2.46. The van der Waals surface area contributed by atoms with Crippen molar-refractivity contribution in [2.45, 2.75) is 38.5 Å². The Balaban J connectivity index is 1.98. The molecule has 5 nitrogen and oxygen atoms in total. The molecule has 0 saturated carbocycles. The van der Waals surface area contributed by atoms with Crippen molar-refractivity contribution < 1.29 is 13.2 Å². The summed E-state index contributed by atoms with van der Waals surface area (Å²) in [6.45, 7) is 7.21. The fourth-order valence-electron chi connectivity index (χ4n) is 3.51. The van der Waals surface area contributed by atoms with Gasteiger partial charge in [0.05, 0.1) is 10.6 Å². The third-order valence-electron chi connectivity index (χ3n) is 5.59. The van der Waals surface area contributed by atoms with Gasteiger partial charge in [0.2, 0.25) is 5.91 Å². The van der Waals surface area contributed by atoms with Crippen LogP contribution in [0, 0.1) is 19.8 Å². The minimum Gasteiger partial charge on any atom is -0.341 e. The SMILES string of the molecule is Cc1cccc(N(CC(=O)N2CCC(C)CC2)S(=O)(=O)c2ccccc2)c1C. The molecule has 1 aliphatic heterocycles. The second-order valence-electron chi connectivity index (χ2n) is 7.61. The number of hydrogen-bond acceptors (Lipinski definition) is 3. The Morgan fingerprint density at radius 3 is 2.32 bits per heavy atom. The van der Waals surface area contributed by atoms with E-state index >= 15 is 0 Å². The molecule has 0 aliphatic carbocycles. The first-order valence-corrected chi connectivity index (χ1v) is 11.2. The number of nitrogens with zero attached hydrogens (tertiary/aromatic N) is 2. The molecule has 1 aliphatic rings. The Labute approximate surface area is 168 Å². The van der Waals surface area contributed by atoms with Gasteiger partial charge in [-0.3, -0.25) is 9.10 Å². The number of hydrogen-bond donors (Lipinski definition) is 0. The summed E-state index contributed by atoms with van der Waals surface area (Å²) >= 11 is 0. The van der Waals surface area contributed by atoms with Crippen LogP contribution in [-0.2, 0) is 14.8 Å². The number of sulfonamides is 1. The van der Waals surface area contributed by atoms with Crippen molar-refractivity contribution in [1.29, 1.82) is 0 Å². The highest BCUT2D eigenvalue weighted by Crippen LogP contribution is 2.29. The molecule has 0 unspecified atom stereocenters. The van der Waals surface area contributed by atoms with Crippen molar-refractivity contribution in [2.75, 3.05) is 23.9 Å². The highest BCUT2D eigenvalue weighted by Gasteiger charge is 2.31. The molecule has 1 amide bonds. The van der Waals surface area contributed by atoms with E-state index in [2.05, 4.69) is 6.92 Å². The Hall–Kier alpha value is -2.34.